The number of nitrogens with zero attached hydrogens (tertiary/aromatic N) is 1. The van der Waals surface area contributed by atoms with Crippen LogP contribution in [-0.4, -0.2) is 43.2 Å². The van der Waals surface area contributed by atoms with E-state index in [-0.39, 0.29) is 24.8 Å². The van der Waals surface area contributed by atoms with Gasteiger partial charge in [-0.2, -0.15) is 13.2 Å². The molecule has 0 aromatic rings. The molecule has 0 bridgehead atoms. The summed E-state index contributed by atoms with van der Waals surface area (Å²) in [5.74, 6) is -0.165. The fraction of sp³-hybridized carbons (Fsp3) is 0.909. The summed E-state index contributed by atoms with van der Waals surface area (Å²) >= 11 is 0. The van der Waals surface area contributed by atoms with Crippen molar-refractivity contribution in [1.82, 2.24) is 10.2 Å². The summed E-state index contributed by atoms with van der Waals surface area (Å²) in [6.45, 7) is 2.45. The van der Waals surface area contributed by atoms with Gasteiger partial charge in [0, 0.05) is 13.0 Å². The molecule has 1 aliphatic heterocycles. The topological polar surface area (TPSA) is 32.3 Å². The van der Waals surface area contributed by atoms with E-state index in [2.05, 4.69) is 5.32 Å². The van der Waals surface area contributed by atoms with E-state index in [9.17, 15) is 18.0 Å². The number of carbonyl (C=O) groups is 1. The van der Waals surface area contributed by atoms with Gasteiger partial charge in [0.15, 0.2) is 0 Å². The first-order valence-electron chi connectivity index (χ1n) is 5.97. The Morgan fingerprint density at radius 1 is 1.41 bits per heavy atom. The molecule has 17 heavy (non-hydrogen) atoms. The number of rotatable bonds is 6. The molecule has 0 unspecified atom stereocenters. The zero-order chi connectivity index (χ0) is 12.9. The Morgan fingerprint density at radius 2 is 2.06 bits per heavy atom. The van der Waals surface area contributed by atoms with Crippen LogP contribution in [0.1, 0.15) is 26.2 Å². The third-order valence-corrected chi connectivity index (χ3v) is 2.83. The second-order valence-corrected chi connectivity index (χ2v) is 4.51. The summed E-state index contributed by atoms with van der Waals surface area (Å²) < 4.78 is 37.0. The fourth-order valence-corrected chi connectivity index (χ4v) is 1.73. The van der Waals surface area contributed by atoms with Crippen molar-refractivity contribution in [3.05, 3.63) is 0 Å². The van der Waals surface area contributed by atoms with Gasteiger partial charge in [0.05, 0.1) is 0 Å². The minimum atomic E-state index is -4.30. The van der Waals surface area contributed by atoms with Gasteiger partial charge in [0.1, 0.15) is 6.54 Å². The Morgan fingerprint density at radius 3 is 2.47 bits per heavy atom. The number of unbranched alkanes of at least 4 members (excludes halogenated alkanes) is 1. The van der Waals surface area contributed by atoms with Crippen molar-refractivity contribution in [3.8, 4) is 0 Å². The normalized spacial score (nSPS) is 16.7. The van der Waals surface area contributed by atoms with Gasteiger partial charge in [-0.25, -0.2) is 0 Å². The Labute approximate surface area is 99.4 Å². The highest BCUT2D eigenvalue weighted by Crippen LogP contribution is 2.19. The van der Waals surface area contributed by atoms with Crippen LogP contribution in [0.15, 0.2) is 0 Å². The summed E-state index contributed by atoms with van der Waals surface area (Å²) in [4.78, 5) is 12.7. The molecule has 100 valence electrons. The van der Waals surface area contributed by atoms with Crippen molar-refractivity contribution in [3.63, 3.8) is 0 Å². The largest absolute Gasteiger partial charge is 0.406 e. The SMILES string of the molecule is CCCCN(CC(F)(F)F)C(=O)CC1CNC1. The van der Waals surface area contributed by atoms with Crippen LogP contribution in [0.25, 0.3) is 0 Å². The van der Waals surface area contributed by atoms with E-state index in [4.69, 9.17) is 0 Å². The first kappa shape index (κ1) is 14.3. The molecule has 1 heterocycles. The number of alkyl halides is 3. The van der Waals surface area contributed by atoms with E-state index < -0.39 is 12.7 Å². The van der Waals surface area contributed by atoms with E-state index in [1.807, 2.05) is 6.92 Å². The molecule has 1 rings (SSSR count). The molecule has 1 fully saturated rings. The zero-order valence-corrected chi connectivity index (χ0v) is 10.0. The maximum Gasteiger partial charge on any atom is 0.406 e. The highest BCUT2D eigenvalue weighted by molar-refractivity contribution is 5.76. The number of hydrogen-bond donors (Lipinski definition) is 1. The van der Waals surface area contributed by atoms with Crippen molar-refractivity contribution in [1.29, 1.82) is 0 Å². The van der Waals surface area contributed by atoms with E-state index >= 15 is 0 Å². The fourth-order valence-electron chi connectivity index (χ4n) is 1.73. The van der Waals surface area contributed by atoms with Crippen LogP contribution in [0.2, 0.25) is 0 Å². The van der Waals surface area contributed by atoms with Crippen LogP contribution in [0.5, 0.6) is 0 Å². The maximum absolute atomic E-state index is 12.3. The molecule has 0 spiro atoms. The number of hydrogen-bond acceptors (Lipinski definition) is 2. The van der Waals surface area contributed by atoms with Crippen molar-refractivity contribution >= 4 is 5.91 Å². The summed E-state index contributed by atoms with van der Waals surface area (Å²) in [6, 6.07) is 0. The predicted molar refractivity (Wildman–Crippen MR) is 58.5 cm³/mol. The molecule has 0 atom stereocenters. The van der Waals surface area contributed by atoms with Gasteiger partial charge in [-0.15, -0.1) is 0 Å². The monoisotopic (exact) mass is 252 g/mol. The lowest BCUT2D eigenvalue weighted by atomic mass is 9.98. The van der Waals surface area contributed by atoms with E-state index in [1.54, 1.807) is 0 Å². The molecule has 1 saturated heterocycles. The Balaban J connectivity index is 2.44. The van der Waals surface area contributed by atoms with E-state index in [0.717, 1.165) is 24.4 Å². The summed E-state index contributed by atoms with van der Waals surface area (Å²) in [6.07, 6.45) is -2.68. The van der Waals surface area contributed by atoms with Crippen LogP contribution in [0.3, 0.4) is 0 Å². The van der Waals surface area contributed by atoms with Gasteiger partial charge in [-0.05, 0) is 25.4 Å². The lowest BCUT2D eigenvalue weighted by Crippen LogP contribution is -2.47. The molecular weight excluding hydrogens is 233 g/mol. The molecule has 6 heteroatoms. The van der Waals surface area contributed by atoms with Gasteiger partial charge >= 0.3 is 6.18 Å². The standard InChI is InChI=1S/C11H19F3N2O/c1-2-3-4-16(8-11(12,13)14)10(17)5-9-6-15-7-9/h9,15H,2-8H2,1H3. The maximum atomic E-state index is 12.3. The minimum absolute atomic E-state index is 0.203. The van der Waals surface area contributed by atoms with E-state index in [0.29, 0.717) is 6.42 Å². The van der Waals surface area contributed by atoms with Crippen molar-refractivity contribution in [2.24, 2.45) is 5.92 Å². The summed E-state index contributed by atoms with van der Waals surface area (Å²) in [5.41, 5.74) is 0. The molecule has 0 aromatic carbocycles. The third kappa shape index (κ3) is 5.39. The molecule has 0 aromatic heterocycles. The predicted octanol–water partition coefficient (Wildman–Crippen LogP) is 1.79. The molecule has 0 aliphatic carbocycles. The van der Waals surface area contributed by atoms with Crippen LogP contribution in [-0.2, 0) is 4.79 Å². The van der Waals surface area contributed by atoms with Crippen LogP contribution in [0, 0.1) is 5.92 Å². The second kappa shape index (κ2) is 6.23. The molecule has 1 amide bonds. The molecule has 0 saturated carbocycles. The minimum Gasteiger partial charge on any atom is -0.334 e. The average Bonchev–Trinajstić information content (AvgIpc) is 2.16. The Kier molecular flexibility index (Phi) is 5.24. The van der Waals surface area contributed by atoms with Crippen LogP contribution in [0.4, 0.5) is 13.2 Å². The Bertz CT molecular complexity index is 252. The zero-order valence-electron chi connectivity index (χ0n) is 10.0. The molecule has 1 aliphatic rings. The lowest BCUT2D eigenvalue weighted by molar-refractivity contribution is -0.162. The smallest absolute Gasteiger partial charge is 0.334 e. The van der Waals surface area contributed by atoms with Gasteiger partial charge in [-0.1, -0.05) is 13.3 Å². The second-order valence-electron chi connectivity index (χ2n) is 4.51. The molecular formula is C11H19F3N2O. The van der Waals surface area contributed by atoms with Gasteiger partial charge in [0.2, 0.25) is 5.91 Å². The number of carbonyl (C=O) groups excluding carboxylic acids is 1. The molecule has 1 N–H and O–H groups in total. The van der Waals surface area contributed by atoms with Crippen LogP contribution >= 0.6 is 0 Å². The Hall–Kier alpha value is -0.780. The molecule has 0 radical (unpaired) electrons. The quantitative estimate of drug-likeness (QED) is 0.781. The molecule has 3 nitrogen and oxygen atoms in total. The summed E-state index contributed by atoms with van der Waals surface area (Å²) in [7, 11) is 0. The first-order chi connectivity index (χ1) is 7.92. The van der Waals surface area contributed by atoms with Crippen LogP contribution < -0.4 is 5.32 Å². The first-order valence-corrected chi connectivity index (χ1v) is 5.97. The number of amides is 1. The highest BCUT2D eigenvalue weighted by Gasteiger charge is 2.33. The third-order valence-electron chi connectivity index (χ3n) is 2.83. The lowest BCUT2D eigenvalue weighted by Gasteiger charge is -2.30. The highest BCUT2D eigenvalue weighted by atomic mass is 19.4. The van der Waals surface area contributed by atoms with Gasteiger partial charge in [-0.3, -0.25) is 4.79 Å². The number of halogens is 3. The van der Waals surface area contributed by atoms with E-state index in [1.165, 1.54) is 0 Å². The van der Waals surface area contributed by atoms with Gasteiger partial charge in [0.25, 0.3) is 0 Å². The average molecular weight is 252 g/mol. The van der Waals surface area contributed by atoms with Crippen molar-refractivity contribution < 1.29 is 18.0 Å². The summed E-state index contributed by atoms with van der Waals surface area (Å²) in [5, 5.41) is 3.00. The van der Waals surface area contributed by atoms with Crippen molar-refractivity contribution in [2.45, 2.75) is 32.4 Å². The van der Waals surface area contributed by atoms with Gasteiger partial charge < -0.3 is 10.2 Å². The van der Waals surface area contributed by atoms with Crippen molar-refractivity contribution in [2.75, 3.05) is 26.2 Å². The number of nitrogens with one attached hydrogen (secondary N) is 1.